The van der Waals surface area contributed by atoms with Crippen LogP contribution in [0.4, 0.5) is 10.6 Å². The third kappa shape index (κ3) is 6.35. The van der Waals surface area contributed by atoms with E-state index >= 15 is 0 Å². The third-order valence-corrected chi connectivity index (χ3v) is 6.69. The van der Waals surface area contributed by atoms with Gasteiger partial charge in [0.25, 0.3) is 15.9 Å². The Morgan fingerprint density at radius 1 is 0.975 bits per heavy atom. The minimum atomic E-state index is -4.25. The predicted molar refractivity (Wildman–Crippen MR) is 144 cm³/mol. The summed E-state index contributed by atoms with van der Waals surface area (Å²) in [4.78, 5) is 28.0. The van der Waals surface area contributed by atoms with Gasteiger partial charge in [-0.1, -0.05) is 32.0 Å². The smallest absolute Gasteiger partial charge is 0.411 e. The van der Waals surface area contributed by atoms with Crippen LogP contribution in [0.25, 0.3) is 11.4 Å². The zero-order chi connectivity index (χ0) is 28.9. The second-order valence-electron chi connectivity index (χ2n) is 8.48. The van der Waals surface area contributed by atoms with Gasteiger partial charge in [0.1, 0.15) is 0 Å². The van der Waals surface area contributed by atoms with Gasteiger partial charge in [0.2, 0.25) is 11.6 Å². The molecule has 0 unspecified atom stereocenters. The van der Waals surface area contributed by atoms with Crippen LogP contribution in [-0.2, 0) is 10.0 Å². The lowest BCUT2D eigenvalue weighted by Crippen LogP contribution is -2.17. The van der Waals surface area contributed by atoms with E-state index in [2.05, 4.69) is 24.7 Å². The summed E-state index contributed by atoms with van der Waals surface area (Å²) in [5.41, 5.74) is 6.27. The maximum absolute atomic E-state index is 13.4. The highest BCUT2D eigenvalue weighted by Crippen LogP contribution is 2.41. The van der Waals surface area contributed by atoms with Crippen molar-refractivity contribution in [1.29, 1.82) is 0 Å². The van der Waals surface area contributed by atoms with Crippen molar-refractivity contribution in [3.8, 4) is 40.4 Å². The van der Waals surface area contributed by atoms with Crippen molar-refractivity contribution in [3.05, 3.63) is 66.5 Å². The zero-order valence-electron chi connectivity index (χ0n) is 22.0. The number of sulfonamides is 1. The first kappa shape index (κ1) is 28.0. The SMILES string of the molecule is COc1ccccc1Oc1c(NS(=O)(=O)c2ccc(C(C)C)cn2)nc(-c2ccnc(OC(N)=O)c2)nc1OC. The molecule has 3 N–H and O–H groups in total. The van der Waals surface area contributed by atoms with E-state index in [1.807, 2.05) is 13.8 Å². The molecule has 0 bridgehead atoms. The van der Waals surface area contributed by atoms with Crippen LogP contribution in [0.1, 0.15) is 25.3 Å². The average molecular weight is 567 g/mol. The maximum Gasteiger partial charge on any atom is 0.411 e. The van der Waals surface area contributed by atoms with Crippen molar-refractivity contribution >= 4 is 21.9 Å². The molecule has 0 saturated heterocycles. The van der Waals surface area contributed by atoms with Gasteiger partial charge < -0.3 is 24.7 Å². The molecule has 0 radical (unpaired) electrons. The lowest BCUT2D eigenvalue weighted by molar-refractivity contribution is 0.209. The molecule has 13 nitrogen and oxygen atoms in total. The fraction of sp³-hybridized carbons (Fsp3) is 0.192. The van der Waals surface area contributed by atoms with E-state index in [9.17, 15) is 13.2 Å². The van der Waals surface area contributed by atoms with E-state index in [1.54, 1.807) is 30.3 Å². The van der Waals surface area contributed by atoms with Crippen LogP contribution >= 0.6 is 0 Å². The highest BCUT2D eigenvalue weighted by molar-refractivity contribution is 7.92. The molecule has 40 heavy (non-hydrogen) atoms. The lowest BCUT2D eigenvalue weighted by Gasteiger charge is -2.17. The number of nitrogens with one attached hydrogen (secondary N) is 1. The summed E-state index contributed by atoms with van der Waals surface area (Å²) in [6.07, 6.45) is 1.77. The largest absolute Gasteiger partial charge is 0.493 e. The molecule has 4 rings (SSSR count). The van der Waals surface area contributed by atoms with Crippen molar-refractivity contribution in [1.82, 2.24) is 19.9 Å². The molecule has 0 aliphatic rings. The number of anilines is 1. The maximum atomic E-state index is 13.4. The number of carbonyl (C=O) groups is 1. The number of nitrogens with zero attached hydrogens (tertiary/aromatic N) is 4. The quantitative estimate of drug-likeness (QED) is 0.282. The van der Waals surface area contributed by atoms with Crippen LogP contribution < -0.4 is 29.4 Å². The van der Waals surface area contributed by atoms with Crippen LogP contribution in [-0.4, -0.2) is 48.7 Å². The Bertz CT molecular complexity index is 1630. The molecule has 1 aromatic carbocycles. The molecule has 3 heterocycles. The molecule has 208 valence electrons. The molecule has 0 fully saturated rings. The van der Waals surface area contributed by atoms with E-state index in [4.69, 9.17) is 24.7 Å². The van der Waals surface area contributed by atoms with E-state index in [1.165, 1.54) is 44.8 Å². The first-order valence-corrected chi connectivity index (χ1v) is 13.3. The molecular formula is C26H26N6O7S. The van der Waals surface area contributed by atoms with Gasteiger partial charge in [-0.3, -0.25) is 4.72 Å². The number of primary amides is 1. The predicted octanol–water partition coefficient (Wildman–Crippen LogP) is 4.12. The monoisotopic (exact) mass is 566 g/mol. The van der Waals surface area contributed by atoms with Gasteiger partial charge >= 0.3 is 6.09 Å². The van der Waals surface area contributed by atoms with Gasteiger partial charge in [-0.25, -0.2) is 19.7 Å². The molecule has 4 aromatic rings. The Kier molecular flexibility index (Phi) is 8.29. The number of aromatic nitrogens is 4. The normalized spacial score (nSPS) is 11.1. The second-order valence-corrected chi connectivity index (χ2v) is 10.1. The fourth-order valence-corrected chi connectivity index (χ4v) is 4.39. The highest BCUT2D eigenvalue weighted by atomic mass is 32.2. The van der Waals surface area contributed by atoms with Crippen molar-refractivity contribution in [3.63, 3.8) is 0 Å². The summed E-state index contributed by atoms with van der Waals surface area (Å²) in [5.74, 6) is 0.176. The summed E-state index contributed by atoms with van der Waals surface area (Å²) in [6, 6.07) is 12.7. The van der Waals surface area contributed by atoms with E-state index in [-0.39, 0.29) is 45.8 Å². The topological polar surface area (TPSA) is 178 Å². The fourth-order valence-electron chi connectivity index (χ4n) is 3.45. The van der Waals surface area contributed by atoms with Gasteiger partial charge in [-0.2, -0.15) is 13.4 Å². The molecular weight excluding hydrogens is 540 g/mol. The Morgan fingerprint density at radius 3 is 2.35 bits per heavy atom. The number of amides is 1. The summed E-state index contributed by atoms with van der Waals surface area (Å²) in [6.45, 7) is 3.94. The molecule has 1 amide bonds. The Hall–Kier alpha value is -4.98. The average Bonchev–Trinajstić information content (AvgIpc) is 2.93. The van der Waals surface area contributed by atoms with Crippen molar-refractivity contribution in [2.75, 3.05) is 18.9 Å². The molecule has 3 aromatic heterocycles. The molecule has 14 heteroatoms. The minimum Gasteiger partial charge on any atom is -0.493 e. The minimum absolute atomic E-state index is 0.00163. The number of ether oxygens (including phenoxy) is 4. The number of rotatable bonds is 10. The molecule has 0 saturated carbocycles. The molecule has 0 aliphatic heterocycles. The highest BCUT2D eigenvalue weighted by Gasteiger charge is 2.26. The van der Waals surface area contributed by atoms with Crippen LogP contribution in [0.3, 0.4) is 0 Å². The number of hydrogen-bond donors (Lipinski definition) is 2. The Balaban J connectivity index is 1.85. The van der Waals surface area contributed by atoms with E-state index < -0.39 is 16.1 Å². The van der Waals surface area contributed by atoms with Crippen LogP contribution in [0.5, 0.6) is 29.0 Å². The first-order valence-electron chi connectivity index (χ1n) is 11.8. The van der Waals surface area contributed by atoms with Gasteiger partial charge in [-0.15, -0.1) is 0 Å². The standard InChI is InChI=1S/C26H26N6O7S/c1-15(2)17-9-10-21(29-14-17)40(34,35)32-24-22(38-19-8-6-5-7-18(19)36-3)25(37-4)31-23(30-24)16-11-12-28-20(13-16)39-26(27)33/h5-15H,1-4H3,(H2,27,33)(H,30,31,32). The second kappa shape index (κ2) is 11.8. The number of carbonyl (C=O) groups excluding carboxylic acids is 1. The zero-order valence-corrected chi connectivity index (χ0v) is 22.8. The number of methoxy groups -OCH3 is 2. The van der Waals surface area contributed by atoms with Crippen LogP contribution in [0.15, 0.2) is 66.0 Å². The first-order chi connectivity index (χ1) is 19.1. The summed E-state index contributed by atoms with van der Waals surface area (Å²) in [7, 11) is -1.45. The van der Waals surface area contributed by atoms with Crippen molar-refractivity contribution < 1.29 is 32.2 Å². The van der Waals surface area contributed by atoms with Gasteiger partial charge in [0, 0.05) is 24.0 Å². The Morgan fingerprint density at radius 2 is 1.73 bits per heavy atom. The van der Waals surface area contributed by atoms with E-state index in [0.29, 0.717) is 11.3 Å². The van der Waals surface area contributed by atoms with E-state index in [0.717, 1.165) is 5.56 Å². The van der Waals surface area contributed by atoms with Crippen molar-refractivity contribution in [2.24, 2.45) is 5.73 Å². The van der Waals surface area contributed by atoms with Crippen LogP contribution in [0.2, 0.25) is 0 Å². The van der Waals surface area contributed by atoms with Gasteiger partial charge in [0.05, 0.1) is 14.2 Å². The number of hydrogen-bond acceptors (Lipinski definition) is 11. The summed E-state index contributed by atoms with van der Waals surface area (Å²) in [5, 5.41) is -0.236. The van der Waals surface area contributed by atoms with Gasteiger partial charge in [0.15, 0.2) is 28.2 Å². The van der Waals surface area contributed by atoms with Crippen molar-refractivity contribution in [2.45, 2.75) is 24.8 Å². The number of nitrogens with two attached hydrogens (primary N) is 1. The van der Waals surface area contributed by atoms with Crippen LogP contribution in [0, 0.1) is 0 Å². The molecule has 0 aliphatic carbocycles. The molecule has 0 spiro atoms. The number of para-hydroxylation sites is 2. The lowest BCUT2D eigenvalue weighted by atomic mass is 10.1. The summed E-state index contributed by atoms with van der Waals surface area (Å²) < 4.78 is 50.9. The van der Waals surface area contributed by atoms with Gasteiger partial charge in [-0.05, 0) is 35.7 Å². The summed E-state index contributed by atoms with van der Waals surface area (Å²) >= 11 is 0. The number of pyridine rings is 2. The third-order valence-electron chi connectivity index (χ3n) is 5.44. The number of benzene rings is 1. The Labute approximate surface area is 230 Å². The molecule has 0 atom stereocenters.